The van der Waals surface area contributed by atoms with E-state index in [4.69, 9.17) is 4.74 Å². The molecule has 2 saturated heterocycles. The van der Waals surface area contributed by atoms with Gasteiger partial charge in [0.25, 0.3) is 0 Å². The van der Waals surface area contributed by atoms with Gasteiger partial charge in [0, 0.05) is 38.3 Å². The Kier molecular flexibility index (Phi) is 3.96. The Balaban J connectivity index is 1.64. The molecule has 0 aliphatic carbocycles. The highest BCUT2D eigenvalue weighted by molar-refractivity contribution is 5.27. The molecule has 20 heavy (non-hydrogen) atoms. The SMILES string of the molecule is COc1ccc(CN2C[C@@H]3C[C@@H](O)CN3C[C@@H]2C)cc1. The molecule has 0 spiro atoms. The Morgan fingerprint density at radius 1 is 1.20 bits per heavy atom. The molecule has 1 aromatic carbocycles. The van der Waals surface area contributed by atoms with E-state index in [9.17, 15) is 5.11 Å². The molecule has 2 aliphatic rings. The first-order chi connectivity index (χ1) is 9.65. The number of aliphatic hydroxyl groups excluding tert-OH is 1. The van der Waals surface area contributed by atoms with Gasteiger partial charge in [-0.3, -0.25) is 9.80 Å². The van der Waals surface area contributed by atoms with E-state index in [1.165, 1.54) is 5.56 Å². The number of fused-ring (bicyclic) bond motifs is 1. The third-order valence-corrected chi connectivity index (χ3v) is 4.62. The van der Waals surface area contributed by atoms with Gasteiger partial charge in [0.05, 0.1) is 13.2 Å². The van der Waals surface area contributed by atoms with E-state index in [2.05, 4.69) is 28.9 Å². The average Bonchev–Trinajstić information content (AvgIpc) is 2.79. The van der Waals surface area contributed by atoms with E-state index in [-0.39, 0.29) is 6.10 Å². The molecule has 4 heteroatoms. The monoisotopic (exact) mass is 276 g/mol. The number of benzene rings is 1. The first-order valence-corrected chi connectivity index (χ1v) is 7.45. The Labute approximate surface area is 120 Å². The van der Waals surface area contributed by atoms with E-state index >= 15 is 0 Å². The number of ether oxygens (including phenoxy) is 1. The van der Waals surface area contributed by atoms with Crippen LogP contribution >= 0.6 is 0 Å². The van der Waals surface area contributed by atoms with Gasteiger partial charge >= 0.3 is 0 Å². The minimum Gasteiger partial charge on any atom is -0.497 e. The summed E-state index contributed by atoms with van der Waals surface area (Å²) in [5.41, 5.74) is 1.32. The van der Waals surface area contributed by atoms with Crippen LogP contribution in [-0.4, -0.2) is 59.8 Å². The fourth-order valence-electron chi connectivity index (χ4n) is 3.46. The molecule has 2 heterocycles. The summed E-state index contributed by atoms with van der Waals surface area (Å²) < 4.78 is 5.20. The van der Waals surface area contributed by atoms with Gasteiger partial charge in [0.1, 0.15) is 5.75 Å². The van der Waals surface area contributed by atoms with Crippen molar-refractivity contribution in [1.82, 2.24) is 9.80 Å². The van der Waals surface area contributed by atoms with E-state index in [0.717, 1.165) is 38.3 Å². The van der Waals surface area contributed by atoms with E-state index in [1.54, 1.807) is 7.11 Å². The van der Waals surface area contributed by atoms with E-state index in [1.807, 2.05) is 12.1 Å². The molecule has 0 bridgehead atoms. The van der Waals surface area contributed by atoms with Crippen molar-refractivity contribution in [2.24, 2.45) is 0 Å². The minimum atomic E-state index is -0.131. The quantitative estimate of drug-likeness (QED) is 0.903. The van der Waals surface area contributed by atoms with Crippen molar-refractivity contribution < 1.29 is 9.84 Å². The molecule has 0 aromatic heterocycles. The van der Waals surface area contributed by atoms with Crippen molar-refractivity contribution in [3.05, 3.63) is 29.8 Å². The summed E-state index contributed by atoms with van der Waals surface area (Å²) in [4.78, 5) is 4.97. The zero-order valence-electron chi connectivity index (χ0n) is 12.3. The lowest BCUT2D eigenvalue weighted by molar-refractivity contribution is 0.0528. The van der Waals surface area contributed by atoms with E-state index in [0.29, 0.717) is 12.1 Å². The summed E-state index contributed by atoms with van der Waals surface area (Å²) in [5, 5.41) is 9.81. The molecule has 0 unspecified atom stereocenters. The second kappa shape index (κ2) is 5.72. The summed E-state index contributed by atoms with van der Waals surface area (Å²) in [7, 11) is 1.70. The van der Waals surface area contributed by atoms with Gasteiger partial charge in [-0.25, -0.2) is 0 Å². The molecule has 1 N–H and O–H groups in total. The van der Waals surface area contributed by atoms with Crippen LogP contribution in [0.4, 0.5) is 0 Å². The largest absolute Gasteiger partial charge is 0.497 e. The normalized spacial score (nSPS) is 31.2. The van der Waals surface area contributed by atoms with Crippen LogP contribution in [0.1, 0.15) is 18.9 Å². The Morgan fingerprint density at radius 3 is 2.65 bits per heavy atom. The van der Waals surface area contributed by atoms with Crippen LogP contribution in [0, 0.1) is 0 Å². The van der Waals surface area contributed by atoms with Gasteiger partial charge in [-0.05, 0) is 31.0 Å². The van der Waals surface area contributed by atoms with Crippen LogP contribution in [0.2, 0.25) is 0 Å². The third-order valence-electron chi connectivity index (χ3n) is 4.62. The topological polar surface area (TPSA) is 35.9 Å². The van der Waals surface area contributed by atoms with E-state index < -0.39 is 0 Å². The molecule has 0 radical (unpaired) electrons. The maximum absolute atomic E-state index is 9.81. The minimum absolute atomic E-state index is 0.131. The molecule has 2 aliphatic heterocycles. The lowest BCUT2D eigenvalue weighted by Crippen LogP contribution is -2.54. The molecule has 3 rings (SSSR count). The predicted octanol–water partition coefficient (Wildman–Crippen LogP) is 1.33. The smallest absolute Gasteiger partial charge is 0.118 e. The molecular weight excluding hydrogens is 252 g/mol. The number of rotatable bonds is 3. The molecule has 0 saturated carbocycles. The lowest BCUT2D eigenvalue weighted by atomic mass is 10.1. The van der Waals surface area contributed by atoms with Crippen LogP contribution in [0.15, 0.2) is 24.3 Å². The average molecular weight is 276 g/mol. The first kappa shape index (κ1) is 13.9. The van der Waals surface area contributed by atoms with Gasteiger partial charge in [-0.15, -0.1) is 0 Å². The van der Waals surface area contributed by atoms with Crippen molar-refractivity contribution in [2.45, 2.75) is 38.1 Å². The Bertz CT molecular complexity index is 448. The highest BCUT2D eigenvalue weighted by Crippen LogP contribution is 2.26. The molecule has 0 amide bonds. The van der Waals surface area contributed by atoms with Gasteiger partial charge in [0.2, 0.25) is 0 Å². The summed E-state index contributed by atoms with van der Waals surface area (Å²) in [6.07, 6.45) is 0.791. The molecule has 4 nitrogen and oxygen atoms in total. The van der Waals surface area contributed by atoms with Crippen LogP contribution < -0.4 is 4.74 Å². The summed E-state index contributed by atoms with van der Waals surface area (Å²) >= 11 is 0. The number of nitrogens with zero attached hydrogens (tertiary/aromatic N) is 2. The van der Waals surface area contributed by atoms with Crippen LogP contribution in [0.3, 0.4) is 0 Å². The number of aliphatic hydroxyl groups is 1. The number of methoxy groups -OCH3 is 1. The second-order valence-corrected chi connectivity index (χ2v) is 6.12. The zero-order valence-corrected chi connectivity index (χ0v) is 12.3. The highest BCUT2D eigenvalue weighted by atomic mass is 16.5. The number of hydrogen-bond donors (Lipinski definition) is 1. The lowest BCUT2D eigenvalue weighted by Gasteiger charge is -2.42. The summed E-state index contributed by atoms with van der Waals surface area (Å²) in [6.45, 7) is 6.24. The fraction of sp³-hybridized carbons (Fsp3) is 0.625. The van der Waals surface area contributed by atoms with Crippen molar-refractivity contribution in [3.8, 4) is 5.75 Å². The maximum atomic E-state index is 9.81. The van der Waals surface area contributed by atoms with Crippen LogP contribution in [0.25, 0.3) is 0 Å². The molecule has 110 valence electrons. The molecule has 2 fully saturated rings. The fourth-order valence-corrected chi connectivity index (χ4v) is 3.46. The van der Waals surface area contributed by atoms with Crippen molar-refractivity contribution >= 4 is 0 Å². The highest BCUT2D eigenvalue weighted by Gasteiger charge is 2.37. The van der Waals surface area contributed by atoms with Crippen LogP contribution in [0.5, 0.6) is 5.75 Å². The first-order valence-electron chi connectivity index (χ1n) is 7.45. The number of hydrogen-bond acceptors (Lipinski definition) is 4. The van der Waals surface area contributed by atoms with Gasteiger partial charge in [0.15, 0.2) is 0 Å². The number of piperazine rings is 1. The molecular formula is C16H24N2O2. The van der Waals surface area contributed by atoms with Gasteiger partial charge < -0.3 is 9.84 Å². The predicted molar refractivity (Wildman–Crippen MR) is 78.9 cm³/mol. The van der Waals surface area contributed by atoms with Crippen molar-refractivity contribution in [2.75, 3.05) is 26.7 Å². The van der Waals surface area contributed by atoms with Crippen molar-refractivity contribution in [1.29, 1.82) is 0 Å². The summed E-state index contributed by atoms with van der Waals surface area (Å²) in [6, 6.07) is 9.40. The second-order valence-electron chi connectivity index (χ2n) is 6.12. The summed E-state index contributed by atoms with van der Waals surface area (Å²) in [5.74, 6) is 0.908. The maximum Gasteiger partial charge on any atom is 0.118 e. The zero-order chi connectivity index (χ0) is 14.1. The van der Waals surface area contributed by atoms with Crippen LogP contribution in [-0.2, 0) is 6.54 Å². The van der Waals surface area contributed by atoms with Gasteiger partial charge in [-0.1, -0.05) is 12.1 Å². The molecule has 1 aromatic rings. The Morgan fingerprint density at radius 2 is 1.95 bits per heavy atom. The van der Waals surface area contributed by atoms with Gasteiger partial charge in [-0.2, -0.15) is 0 Å². The molecule has 3 atom stereocenters. The third kappa shape index (κ3) is 2.82. The Hall–Kier alpha value is -1.10. The van der Waals surface area contributed by atoms with Crippen molar-refractivity contribution in [3.63, 3.8) is 0 Å². The standard InChI is InChI=1S/C16H24N2O2/c1-12-8-18-11-15(19)7-14(18)10-17(12)9-13-3-5-16(20-2)6-4-13/h3-6,12,14-15,19H,7-11H2,1-2H3/t12-,14-,15+/m0/s1.